The number of aromatic nitrogens is 3. The van der Waals surface area contributed by atoms with Crippen LogP contribution in [0.4, 0.5) is 11.8 Å². The highest BCUT2D eigenvalue weighted by Crippen LogP contribution is 2.33. The van der Waals surface area contributed by atoms with E-state index in [9.17, 15) is 0 Å². The average molecular weight is 320 g/mol. The molecule has 0 atom stereocenters. The van der Waals surface area contributed by atoms with Crippen molar-refractivity contribution in [2.24, 2.45) is 0 Å². The lowest BCUT2D eigenvalue weighted by Gasteiger charge is -2.06. The predicted octanol–water partition coefficient (Wildman–Crippen LogP) is 1.23. The molecule has 1 aromatic heterocycles. The smallest absolute Gasteiger partial charge is 0.242 e. The molecule has 1 heterocycles. The summed E-state index contributed by atoms with van der Waals surface area (Å²) >= 11 is 11.9. The molecule has 9 heteroatoms. The zero-order valence-corrected chi connectivity index (χ0v) is 12.4. The highest BCUT2D eigenvalue weighted by atomic mass is 35.5. The number of aliphatic hydroxyl groups is 2. The number of anilines is 2. The molecule has 110 valence electrons. The van der Waals surface area contributed by atoms with Gasteiger partial charge in [-0.25, -0.2) is 0 Å². The Kier molecular flexibility index (Phi) is 8.49. The second kappa shape index (κ2) is 9.27. The minimum Gasteiger partial charge on any atom is -0.400 e. The van der Waals surface area contributed by atoms with E-state index in [-0.39, 0.29) is 11.8 Å². The normalized spacial score (nSPS) is 8.90. The fourth-order valence-electron chi connectivity index (χ4n) is 1.23. The van der Waals surface area contributed by atoms with Gasteiger partial charge in [-0.3, -0.25) is 0 Å². The molecule has 0 saturated heterocycles. The van der Waals surface area contributed by atoms with E-state index >= 15 is 0 Å². The first-order valence-corrected chi connectivity index (χ1v) is 5.94. The minimum absolute atomic E-state index is 0.0133. The van der Waals surface area contributed by atoms with Crippen molar-refractivity contribution in [1.82, 2.24) is 15.2 Å². The second-order valence-electron chi connectivity index (χ2n) is 3.01. The molecule has 20 heavy (non-hydrogen) atoms. The van der Waals surface area contributed by atoms with E-state index in [1.165, 1.54) is 0 Å². The van der Waals surface area contributed by atoms with E-state index in [2.05, 4.69) is 15.2 Å². The molecule has 0 unspecified atom stereocenters. The van der Waals surface area contributed by atoms with Crippen molar-refractivity contribution < 1.29 is 10.2 Å². The van der Waals surface area contributed by atoms with Crippen molar-refractivity contribution in [2.45, 2.75) is 0 Å². The van der Waals surface area contributed by atoms with Gasteiger partial charge in [0, 0.05) is 19.8 Å². The first kappa shape index (κ1) is 18.3. The molecule has 0 fully saturated rings. The maximum absolute atomic E-state index is 7.00. The number of nitrogens with zero attached hydrogens (tertiary/aromatic N) is 3. The van der Waals surface area contributed by atoms with Crippen molar-refractivity contribution >= 4 is 35.0 Å². The van der Waals surface area contributed by atoms with Gasteiger partial charge in [-0.1, -0.05) is 35.3 Å². The summed E-state index contributed by atoms with van der Waals surface area (Å²) in [5.74, 6) is 0.177. The molecule has 0 amide bonds. The van der Waals surface area contributed by atoms with E-state index in [4.69, 9.17) is 44.9 Å². The number of rotatable bonds is 1. The fraction of sp³-hybridized carbons (Fsp3) is 0.182. The van der Waals surface area contributed by atoms with Crippen molar-refractivity contribution in [2.75, 3.05) is 25.7 Å². The first-order valence-electron chi connectivity index (χ1n) is 5.19. The summed E-state index contributed by atoms with van der Waals surface area (Å²) in [5.41, 5.74) is 12.0. The Hall–Kier alpha value is -1.67. The molecule has 0 radical (unpaired) electrons. The molecule has 0 bridgehead atoms. The van der Waals surface area contributed by atoms with E-state index in [1.54, 1.807) is 18.2 Å². The summed E-state index contributed by atoms with van der Waals surface area (Å²) in [7, 11) is 2.00. The summed E-state index contributed by atoms with van der Waals surface area (Å²) in [6.45, 7) is 0. The Bertz CT molecular complexity index is 554. The monoisotopic (exact) mass is 319 g/mol. The van der Waals surface area contributed by atoms with Gasteiger partial charge in [0.25, 0.3) is 0 Å². The number of halogens is 2. The highest BCUT2D eigenvalue weighted by molar-refractivity contribution is 6.43. The number of nitrogen functional groups attached to an aromatic ring is 2. The number of nitrogens with two attached hydrogens (primary N) is 2. The Morgan fingerprint density at radius 3 is 2.15 bits per heavy atom. The molecule has 1 aromatic carbocycles. The van der Waals surface area contributed by atoms with Crippen molar-refractivity contribution in [3.8, 4) is 11.3 Å². The van der Waals surface area contributed by atoms with Crippen molar-refractivity contribution in [1.29, 1.82) is 0 Å². The Morgan fingerprint density at radius 1 is 1.00 bits per heavy atom. The Morgan fingerprint density at radius 2 is 1.60 bits per heavy atom. The standard InChI is InChI=1S/C9H7Cl2N5.2CH4O/c10-5-3-1-2-4(6(5)11)7-8(12)14-9(13)16-15-7;2*1-2/h1-3H,(H4,12,13,14,16);2*2H,1H3. The molecule has 7 nitrogen and oxygen atoms in total. The van der Waals surface area contributed by atoms with Crippen LogP contribution in [0, 0.1) is 0 Å². The van der Waals surface area contributed by atoms with E-state index in [0.717, 1.165) is 14.2 Å². The topological polar surface area (TPSA) is 131 Å². The van der Waals surface area contributed by atoms with Gasteiger partial charge in [-0.05, 0) is 6.07 Å². The number of hydrogen-bond acceptors (Lipinski definition) is 7. The van der Waals surface area contributed by atoms with Gasteiger partial charge >= 0.3 is 0 Å². The van der Waals surface area contributed by atoms with Crippen LogP contribution in [-0.2, 0) is 0 Å². The summed E-state index contributed by atoms with van der Waals surface area (Å²) in [5, 5.41) is 22.2. The van der Waals surface area contributed by atoms with Crippen molar-refractivity contribution in [3.05, 3.63) is 28.2 Å². The molecule has 6 N–H and O–H groups in total. The van der Waals surface area contributed by atoms with Gasteiger partial charge in [-0.15, -0.1) is 10.2 Å². The average Bonchev–Trinajstić information content (AvgIpc) is 2.47. The zero-order valence-electron chi connectivity index (χ0n) is 10.9. The van der Waals surface area contributed by atoms with Gasteiger partial charge in [0.05, 0.1) is 10.0 Å². The minimum atomic E-state index is 0.0133. The molecule has 0 saturated carbocycles. The number of hydrogen-bond donors (Lipinski definition) is 4. The molecule has 0 aliphatic heterocycles. The predicted molar refractivity (Wildman–Crippen MR) is 80.4 cm³/mol. The summed E-state index contributed by atoms with van der Waals surface area (Å²) in [4.78, 5) is 3.80. The molecule has 0 aliphatic rings. The Balaban J connectivity index is 0.000000829. The van der Waals surface area contributed by atoms with Crippen LogP contribution in [-0.4, -0.2) is 39.6 Å². The van der Waals surface area contributed by atoms with Crippen molar-refractivity contribution in [3.63, 3.8) is 0 Å². The molecular weight excluding hydrogens is 305 g/mol. The fourth-order valence-corrected chi connectivity index (χ4v) is 1.62. The van der Waals surface area contributed by atoms with Crippen LogP contribution < -0.4 is 11.5 Å². The summed E-state index contributed by atoms with van der Waals surface area (Å²) in [6, 6.07) is 5.13. The number of aliphatic hydroxyl groups excluding tert-OH is 2. The third-order valence-electron chi connectivity index (χ3n) is 1.94. The first-order chi connectivity index (χ1) is 9.59. The van der Waals surface area contributed by atoms with Crippen LogP contribution in [0.15, 0.2) is 18.2 Å². The molecule has 0 spiro atoms. The van der Waals surface area contributed by atoms with Crippen LogP contribution in [0.2, 0.25) is 10.0 Å². The van der Waals surface area contributed by atoms with Crippen LogP contribution in [0.3, 0.4) is 0 Å². The lowest BCUT2D eigenvalue weighted by atomic mass is 10.1. The van der Waals surface area contributed by atoms with E-state index in [1.807, 2.05) is 0 Å². The van der Waals surface area contributed by atoms with Crippen LogP contribution in [0.25, 0.3) is 11.3 Å². The largest absolute Gasteiger partial charge is 0.400 e. The number of benzene rings is 1. The SMILES string of the molecule is CO.CO.Nc1nnc(-c2cccc(Cl)c2Cl)c(N)n1. The third-order valence-corrected chi connectivity index (χ3v) is 2.76. The third kappa shape index (κ3) is 4.46. The van der Waals surface area contributed by atoms with Crippen LogP contribution in [0.1, 0.15) is 0 Å². The Labute approximate surface area is 126 Å². The molecule has 2 aromatic rings. The van der Waals surface area contributed by atoms with E-state index in [0.29, 0.717) is 21.3 Å². The summed E-state index contributed by atoms with van der Waals surface area (Å²) < 4.78 is 0. The lowest BCUT2D eigenvalue weighted by Crippen LogP contribution is -2.04. The summed E-state index contributed by atoms with van der Waals surface area (Å²) in [6.07, 6.45) is 0. The van der Waals surface area contributed by atoms with Gasteiger partial charge in [-0.2, -0.15) is 4.98 Å². The second-order valence-corrected chi connectivity index (χ2v) is 3.79. The lowest BCUT2D eigenvalue weighted by molar-refractivity contribution is 0.399. The zero-order chi connectivity index (χ0) is 15.7. The van der Waals surface area contributed by atoms with Gasteiger partial charge in [0.1, 0.15) is 5.69 Å². The van der Waals surface area contributed by atoms with Crippen LogP contribution >= 0.6 is 23.2 Å². The molecule has 2 rings (SSSR count). The maximum Gasteiger partial charge on any atom is 0.242 e. The quantitative estimate of drug-likeness (QED) is 0.621. The van der Waals surface area contributed by atoms with Gasteiger partial charge < -0.3 is 21.7 Å². The van der Waals surface area contributed by atoms with Gasteiger partial charge in [0.2, 0.25) is 5.95 Å². The highest BCUT2D eigenvalue weighted by Gasteiger charge is 2.12. The molecular formula is C11H15Cl2N5O2. The maximum atomic E-state index is 7.00. The molecule has 0 aliphatic carbocycles. The van der Waals surface area contributed by atoms with E-state index < -0.39 is 0 Å². The van der Waals surface area contributed by atoms with Crippen LogP contribution in [0.5, 0.6) is 0 Å². The van der Waals surface area contributed by atoms with Gasteiger partial charge in [0.15, 0.2) is 5.82 Å².